The number of nitrogens with zero attached hydrogens (tertiary/aromatic N) is 4. The lowest BCUT2D eigenvalue weighted by Gasteiger charge is -2.01. The Labute approximate surface area is 179 Å². The van der Waals surface area contributed by atoms with E-state index in [1.807, 2.05) is 30.3 Å². The van der Waals surface area contributed by atoms with Gasteiger partial charge in [-0.15, -0.1) is 5.10 Å². The second-order valence-electron chi connectivity index (χ2n) is 6.10. The minimum atomic E-state index is -0.526. The molecule has 0 spiro atoms. The molecule has 2 aromatic heterocycles. The molecule has 0 aliphatic heterocycles. The second-order valence-corrected chi connectivity index (χ2v) is 7.10. The van der Waals surface area contributed by atoms with Crippen LogP contribution in [0.5, 0.6) is 0 Å². The largest absolute Gasteiger partial charge is 0.459 e. The van der Waals surface area contributed by atoms with Gasteiger partial charge in [-0.2, -0.15) is 5.10 Å². The van der Waals surface area contributed by atoms with Gasteiger partial charge in [0.05, 0.1) is 22.3 Å². The van der Waals surface area contributed by atoms with Crippen LogP contribution in [-0.4, -0.2) is 32.2 Å². The van der Waals surface area contributed by atoms with Gasteiger partial charge in [-0.1, -0.05) is 36.4 Å². The zero-order valence-electron chi connectivity index (χ0n) is 15.8. The number of aromatic nitrogens is 3. The number of furan rings is 1. The zero-order chi connectivity index (χ0) is 21.6. The van der Waals surface area contributed by atoms with Gasteiger partial charge in [0.1, 0.15) is 0 Å². The molecule has 4 rings (SSSR count). The Balaban J connectivity index is 1.49. The SMILES string of the molecule is O=C(N/N=C\c1ccc(Sc2n[nH]c(-c3ccccc3)n2)c([N+](=O)[O-])c1)c1ccco1. The van der Waals surface area contributed by atoms with E-state index in [2.05, 4.69) is 25.7 Å². The highest BCUT2D eigenvalue weighted by Crippen LogP contribution is 2.34. The van der Waals surface area contributed by atoms with Gasteiger partial charge in [-0.05, 0) is 30.0 Å². The lowest BCUT2D eigenvalue weighted by Crippen LogP contribution is -2.16. The summed E-state index contributed by atoms with van der Waals surface area (Å²) >= 11 is 1.07. The van der Waals surface area contributed by atoms with Crippen molar-refractivity contribution >= 4 is 29.6 Å². The third-order valence-electron chi connectivity index (χ3n) is 4.02. The van der Waals surface area contributed by atoms with E-state index in [0.717, 1.165) is 17.3 Å². The quantitative estimate of drug-likeness (QED) is 0.255. The van der Waals surface area contributed by atoms with E-state index in [-0.39, 0.29) is 11.4 Å². The molecule has 31 heavy (non-hydrogen) atoms. The number of aromatic amines is 1. The van der Waals surface area contributed by atoms with Crippen LogP contribution in [0, 0.1) is 10.1 Å². The van der Waals surface area contributed by atoms with Crippen LogP contribution in [0.4, 0.5) is 5.69 Å². The molecule has 2 heterocycles. The van der Waals surface area contributed by atoms with E-state index in [1.54, 1.807) is 18.2 Å². The van der Waals surface area contributed by atoms with Crippen LogP contribution >= 0.6 is 11.8 Å². The summed E-state index contributed by atoms with van der Waals surface area (Å²) in [5.41, 5.74) is 3.47. The van der Waals surface area contributed by atoms with Crippen LogP contribution in [-0.2, 0) is 0 Å². The van der Waals surface area contributed by atoms with Gasteiger partial charge in [0, 0.05) is 17.2 Å². The normalized spacial score (nSPS) is 11.0. The smallest absolute Gasteiger partial charge is 0.307 e. The van der Waals surface area contributed by atoms with Gasteiger partial charge in [-0.3, -0.25) is 20.0 Å². The Morgan fingerprint density at radius 2 is 2.03 bits per heavy atom. The molecule has 2 N–H and O–H groups in total. The number of carbonyl (C=O) groups is 1. The average Bonchev–Trinajstić information content (AvgIpc) is 3.48. The predicted octanol–water partition coefficient (Wildman–Crippen LogP) is 3.89. The maximum absolute atomic E-state index is 11.8. The Morgan fingerprint density at radius 3 is 2.77 bits per heavy atom. The Bertz CT molecular complexity index is 1240. The van der Waals surface area contributed by atoms with Gasteiger partial charge < -0.3 is 4.42 Å². The van der Waals surface area contributed by atoms with Crippen LogP contribution in [0.25, 0.3) is 11.4 Å². The highest BCUT2D eigenvalue weighted by atomic mass is 32.2. The van der Waals surface area contributed by atoms with Crippen molar-refractivity contribution in [2.45, 2.75) is 10.1 Å². The lowest BCUT2D eigenvalue weighted by molar-refractivity contribution is -0.387. The molecule has 4 aromatic rings. The van der Waals surface area contributed by atoms with Gasteiger partial charge in [0.15, 0.2) is 11.6 Å². The van der Waals surface area contributed by atoms with Crippen LogP contribution in [0.1, 0.15) is 16.1 Å². The number of hydrogen-bond donors (Lipinski definition) is 2. The first-order valence-electron chi connectivity index (χ1n) is 8.91. The van der Waals surface area contributed by atoms with E-state index < -0.39 is 10.8 Å². The highest BCUT2D eigenvalue weighted by molar-refractivity contribution is 7.99. The first-order valence-corrected chi connectivity index (χ1v) is 9.73. The van der Waals surface area contributed by atoms with Gasteiger partial charge >= 0.3 is 5.91 Å². The number of H-pyrrole nitrogens is 1. The summed E-state index contributed by atoms with van der Waals surface area (Å²) in [4.78, 5) is 27.6. The molecule has 10 nitrogen and oxygen atoms in total. The van der Waals surface area contributed by atoms with Crippen molar-refractivity contribution in [3.05, 3.63) is 88.4 Å². The molecule has 0 bridgehead atoms. The summed E-state index contributed by atoms with van der Waals surface area (Å²) in [6, 6.07) is 17.1. The molecule has 0 aliphatic rings. The first-order chi connectivity index (χ1) is 15.1. The topological polar surface area (TPSA) is 139 Å². The van der Waals surface area contributed by atoms with Crippen molar-refractivity contribution in [1.82, 2.24) is 20.6 Å². The van der Waals surface area contributed by atoms with Crippen LogP contribution < -0.4 is 5.43 Å². The van der Waals surface area contributed by atoms with Crippen molar-refractivity contribution in [3.63, 3.8) is 0 Å². The van der Waals surface area contributed by atoms with Gasteiger partial charge in [0.25, 0.3) is 5.69 Å². The minimum absolute atomic E-state index is 0.108. The van der Waals surface area contributed by atoms with Crippen molar-refractivity contribution in [2.75, 3.05) is 0 Å². The zero-order valence-corrected chi connectivity index (χ0v) is 16.6. The standard InChI is InChI=1S/C20H14N6O4S/c27-19(16-7-4-10-30-16)24-21-12-13-8-9-17(15(11-13)26(28)29)31-20-22-18(23-25-20)14-5-2-1-3-6-14/h1-12H,(H,24,27)(H,22,23,25)/b21-12-. The fraction of sp³-hybridized carbons (Fsp3) is 0. The van der Waals surface area contributed by atoms with E-state index >= 15 is 0 Å². The number of nitro benzene ring substituents is 1. The molecule has 2 aromatic carbocycles. The molecule has 11 heteroatoms. The number of amides is 1. The van der Waals surface area contributed by atoms with Gasteiger partial charge in [-0.25, -0.2) is 10.4 Å². The van der Waals surface area contributed by atoms with Crippen molar-refractivity contribution in [1.29, 1.82) is 0 Å². The van der Waals surface area contributed by atoms with Crippen molar-refractivity contribution in [2.24, 2.45) is 5.10 Å². The minimum Gasteiger partial charge on any atom is -0.459 e. The number of carbonyl (C=O) groups excluding carboxylic acids is 1. The van der Waals surface area contributed by atoms with E-state index in [4.69, 9.17) is 4.42 Å². The molecule has 0 aliphatic carbocycles. The fourth-order valence-electron chi connectivity index (χ4n) is 2.59. The lowest BCUT2D eigenvalue weighted by atomic mass is 10.2. The Hall–Kier alpha value is -4.25. The summed E-state index contributed by atoms with van der Waals surface area (Å²) in [6.07, 6.45) is 2.68. The molecule has 0 atom stereocenters. The number of benzene rings is 2. The molecule has 0 radical (unpaired) electrons. The molecular formula is C20H14N6O4S. The summed E-state index contributed by atoms with van der Waals surface area (Å²) in [7, 11) is 0. The van der Waals surface area contributed by atoms with E-state index in [1.165, 1.54) is 24.6 Å². The number of hydrogen-bond acceptors (Lipinski definition) is 8. The third kappa shape index (κ3) is 4.85. The van der Waals surface area contributed by atoms with Crippen molar-refractivity contribution in [3.8, 4) is 11.4 Å². The first kappa shape index (κ1) is 20.0. The average molecular weight is 434 g/mol. The second kappa shape index (κ2) is 9.05. The number of nitrogens with one attached hydrogen (secondary N) is 2. The molecule has 0 unspecified atom stereocenters. The van der Waals surface area contributed by atoms with E-state index in [0.29, 0.717) is 21.4 Å². The predicted molar refractivity (Wildman–Crippen MR) is 113 cm³/mol. The summed E-state index contributed by atoms with van der Waals surface area (Å²) in [5, 5.41) is 22.7. The molecule has 154 valence electrons. The summed E-state index contributed by atoms with van der Waals surface area (Å²) in [5.74, 6) is 0.153. The fourth-order valence-corrected chi connectivity index (χ4v) is 3.39. The summed E-state index contributed by atoms with van der Waals surface area (Å²) in [6.45, 7) is 0. The Kier molecular flexibility index (Phi) is 5.85. The molecule has 0 saturated carbocycles. The number of nitro groups is 1. The van der Waals surface area contributed by atoms with Crippen LogP contribution in [0.3, 0.4) is 0 Å². The molecule has 0 saturated heterocycles. The molecule has 1 amide bonds. The van der Waals surface area contributed by atoms with Crippen molar-refractivity contribution < 1.29 is 14.1 Å². The van der Waals surface area contributed by atoms with E-state index in [9.17, 15) is 14.9 Å². The molecule has 0 fully saturated rings. The number of hydrazone groups is 1. The number of rotatable bonds is 7. The third-order valence-corrected chi connectivity index (χ3v) is 4.95. The Morgan fingerprint density at radius 1 is 1.19 bits per heavy atom. The maximum Gasteiger partial charge on any atom is 0.307 e. The molecular weight excluding hydrogens is 420 g/mol. The maximum atomic E-state index is 11.8. The van der Waals surface area contributed by atoms with Gasteiger partial charge in [0.2, 0.25) is 5.16 Å². The highest BCUT2D eigenvalue weighted by Gasteiger charge is 2.18. The van der Waals surface area contributed by atoms with Crippen LogP contribution in [0.2, 0.25) is 0 Å². The monoisotopic (exact) mass is 434 g/mol. The van der Waals surface area contributed by atoms with Crippen LogP contribution in [0.15, 0.2) is 86.5 Å². The summed E-state index contributed by atoms with van der Waals surface area (Å²) < 4.78 is 4.96.